The quantitative estimate of drug-likeness (QED) is 0.806. The van der Waals surface area contributed by atoms with E-state index < -0.39 is 6.61 Å². The number of para-hydroxylation sites is 1. The molecule has 2 aromatic rings. The van der Waals surface area contributed by atoms with Gasteiger partial charge in [0.05, 0.1) is 5.69 Å². The van der Waals surface area contributed by atoms with Crippen LogP contribution in [0.5, 0.6) is 0 Å². The zero-order chi connectivity index (χ0) is 10.8. The van der Waals surface area contributed by atoms with Crippen LogP contribution in [0.2, 0.25) is 0 Å². The number of amides is 1. The topological polar surface area (TPSA) is 53.7 Å². The van der Waals surface area contributed by atoms with Crippen LogP contribution in [0, 0.1) is 0 Å². The van der Waals surface area contributed by atoms with Crippen LogP contribution in [0.3, 0.4) is 0 Å². The minimum atomic E-state index is -0.504. The lowest BCUT2D eigenvalue weighted by Gasteiger charge is -2.13. The third-order valence-corrected chi connectivity index (χ3v) is 2.33. The van der Waals surface area contributed by atoms with Gasteiger partial charge in [-0.2, -0.15) is 0 Å². The Hall–Kier alpha value is -1.81. The molecule has 1 heterocycles. The van der Waals surface area contributed by atoms with Crippen molar-refractivity contribution in [3.8, 4) is 0 Å². The molecular formula is C11H11NO3. The van der Waals surface area contributed by atoms with Crippen LogP contribution in [-0.4, -0.2) is 24.7 Å². The van der Waals surface area contributed by atoms with Crippen LogP contribution in [0.15, 0.2) is 34.9 Å². The van der Waals surface area contributed by atoms with Gasteiger partial charge in [-0.1, -0.05) is 12.1 Å². The van der Waals surface area contributed by atoms with Crippen LogP contribution in [0.4, 0.5) is 5.69 Å². The highest BCUT2D eigenvalue weighted by Gasteiger charge is 2.14. The second-order valence-corrected chi connectivity index (χ2v) is 3.23. The van der Waals surface area contributed by atoms with Gasteiger partial charge in [0.15, 0.2) is 0 Å². The minimum absolute atomic E-state index is 0.360. The molecule has 0 saturated carbocycles. The zero-order valence-corrected chi connectivity index (χ0v) is 8.30. The van der Waals surface area contributed by atoms with Crippen molar-refractivity contribution >= 4 is 22.6 Å². The number of carbonyl (C=O) groups is 1. The average molecular weight is 205 g/mol. The predicted octanol–water partition coefficient (Wildman–Crippen LogP) is 1.39. The number of aliphatic hydroxyl groups excluding tert-OH is 1. The number of fused-ring (bicyclic) bond motifs is 1. The maximum Gasteiger partial charge on any atom is 0.252 e. The summed E-state index contributed by atoms with van der Waals surface area (Å²) in [6, 6.07) is 7.44. The van der Waals surface area contributed by atoms with Crippen LogP contribution in [-0.2, 0) is 4.79 Å². The SMILES string of the molecule is CN(C(=O)CO)c1coc2ccccc12. The molecule has 78 valence electrons. The number of likely N-dealkylation sites (N-methyl/N-ethyl adjacent to an activating group) is 1. The fourth-order valence-corrected chi connectivity index (χ4v) is 1.46. The molecule has 0 spiro atoms. The Balaban J connectivity index is 2.48. The van der Waals surface area contributed by atoms with Crippen molar-refractivity contribution in [3.63, 3.8) is 0 Å². The second kappa shape index (κ2) is 3.74. The molecule has 1 aromatic heterocycles. The number of rotatable bonds is 2. The number of nitrogens with zero attached hydrogens (tertiary/aromatic N) is 1. The fraction of sp³-hybridized carbons (Fsp3) is 0.182. The first-order chi connectivity index (χ1) is 7.24. The predicted molar refractivity (Wildman–Crippen MR) is 56.7 cm³/mol. The Labute approximate surface area is 86.7 Å². The highest BCUT2D eigenvalue weighted by Crippen LogP contribution is 2.27. The summed E-state index contributed by atoms with van der Waals surface area (Å²) in [4.78, 5) is 12.7. The van der Waals surface area contributed by atoms with Gasteiger partial charge in [-0.3, -0.25) is 4.79 Å². The van der Waals surface area contributed by atoms with Crippen LogP contribution < -0.4 is 4.90 Å². The minimum Gasteiger partial charge on any atom is -0.462 e. The van der Waals surface area contributed by atoms with Crippen LogP contribution in [0.25, 0.3) is 11.0 Å². The smallest absolute Gasteiger partial charge is 0.252 e. The van der Waals surface area contributed by atoms with Gasteiger partial charge in [-0.05, 0) is 12.1 Å². The summed E-state index contributed by atoms with van der Waals surface area (Å²) in [5.41, 5.74) is 1.40. The molecule has 15 heavy (non-hydrogen) atoms. The lowest BCUT2D eigenvalue weighted by atomic mass is 10.2. The largest absolute Gasteiger partial charge is 0.462 e. The first-order valence-electron chi connectivity index (χ1n) is 4.57. The molecule has 0 saturated heterocycles. The third kappa shape index (κ3) is 1.59. The molecule has 0 aliphatic carbocycles. The molecule has 1 amide bonds. The summed E-state index contributed by atoms with van der Waals surface area (Å²) in [6.07, 6.45) is 1.51. The Bertz CT molecular complexity index is 489. The van der Waals surface area contributed by atoms with E-state index in [2.05, 4.69) is 0 Å². The Morgan fingerprint density at radius 3 is 2.93 bits per heavy atom. The number of hydrogen-bond acceptors (Lipinski definition) is 3. The van der Waals surface area contributed by atoms with E-state index in [1.54, 1.807) is 7.05 Å². The van der Waals surface area contributed by atoms with Crippen molar-refractivity contribution in [2.24, 2.45) is 0 Å². The summed E-state index contributed by atoms with van der Waals surface area (Å²) >= 11 is 0. The molecule has 4 heteroatoms. The molecule has 0 radical (unpaired) electrons. The molecule has 0 bridgehead atoms. The van der Waals surface area contributed by atoms with Crippen molar-refractivity contribution in [3.05, 3.63) is 30.5 Å². The van der Waals surface area contributed by atoms with Crippen LogP contribution in [0.1, 0.15) is 0 Å². The number of hydrogen-bond donors (Lipinski definition) is 1. The second-order valence-electron chi connectivity index (χ2n) is 3.23. The summed E-state index contributed by atoms with van der Waals surface area (Å²) in [5.74, 6) is -0.360. The lowest BCUT2D eigenvalue weighted by Crippen LogP contribution is -2.28. The third-order valence-electron chi connectivity index (χ3n) is 2.33. The molecule has 1 N–H and O–H groups in total. The van der Waals surface area contributed by atoms with Crippen LogP contribution >= 0.6 is 0 Å². The highest BCUT2D eigenvalue weighted by atomic mass is 16.3. The lowest BCUT2D eigenvalue weighted by molar-refractivity contribution is -0.120. The molecule has 0 aliphatic rings. The Kier molecular flexibility index (Phi) is 2.43. The molecule has 0 aliphatic heterocycles. The number of furan rings is 1. The molecule has 0 fully saturated rings. The first kappa shape index (κ1) is 9.73. The zero-order valence-electron chi connectivity index (χ0n) is 8.30. The molecule has 4 nitrogen and oxygen atoms in total. The van der Waals surface area contributed by atoms with E-state index in [4.69, 9.17) is 9.52 Å². The van der Waals surface area contributed by atoms with Crippen molar-refractivity contribution in [1.82, 2.24) is 0 Å². The summed E-state index contributed by atoms with van der Waals surface area (Å²) in [5, 5.41) is 9.62. The van der Waals surface area contributed by atoms with E-state index in [-0.39, 0.29) is 5.91 Å². The molecule has 0 unspecified atom stereocenters. The Morgan fingerprint density at radius 2 is 2.20 bits per heavy atom. The van der Waals surface area contributed by atoms with Crippen molar-refractivity contribution in [1.29, 1.82) is 0 Å². The molecule has 1 aromatic carbocycles. The normalized spacial score (nSPS) is 10.5. The standard InChI is InChI=1S/C11H11NO3/c1-12(11(14)6-13)9-7-15-10-5-3-2-4-8(9)10/h2-5,7,13H,6H2,1H3. The van der Waals surface area contributed by atoms with E-state index in [0.717, 1.165) is 11.0 Å². The van der Waals surface area contributed by atoms with Crippen molar-refractivity contribution in [2.75, 3.05) is 18.6 Å². The van der Waals surface area contributed by atoms with Gasteiger partial charge >= 0.3 is 0 Å². The van der Waals surface area contributed by atoms with Gasteiger partial charge in [0.1, 0.15) is 18.5 Å². The highest BCUT2D eigenvalue weighted by molar-refractivity contribution is 6.02. The number of aliphatic hydroxyl groups is 1. The maximum absolute atomic E-state index is 11.3. The number of carbonyl (C=O) groups excluding carboxylic acids is 1. The van der Waals surface area contributed by atoms with Gasteiger partial charge in [0.2, 0.25) is 0 Å². The molecule has 0 atom stereocenters. The first-order valence-corrected chi connectivity index (χ1v) is 4.57. The van der Waals surface area contributed by atoms with E-state index in [0.29, 0.717) is 5.69 Å². The van der Waals surface area contributed by atoms with Crippen molar-refractivity contribution in [2.45, 2.75) is 0 Å². The number of benzene rings is 1. The number of anilines is 1. The summed E-state index contributed by atoms with van der Waals surface area (Å²) < 4.78 is 5.29. The van der Waals surface area contributed by atoms with Gasteiger partial charge in [0.25, 0.3) is 5.91 Å². The monoisotopic (exact) mass is 205 g/mol. The van der Waals surface area contributed by atoms with Gasteiger partial charge in [0, 0.05) is 12.4 Å². The summed E-state index contributed by atoms with van der Waals surface area (Å²) in [6.45, 7) is -0.504. The maximum atomic E-state index is 11.3. The van der Waals surface area contributed by atoms with E-state index in [1.165, 1.54) is 11.2 Å². The fourth-order valence-electron chi connectivity index (χ4n) is 1.46. The van der Waals surface area contributed by atoms with Crippen molar-refractivity contribution < 1.29 is 14.3 Å². The van der Waals surface area contributed by atoms with E-state index in [1.807, 2.05) is 24.3 Å². The van der Waals surface area contributed by atoms with E-state index >= 15 is 0 Å². The van der Waals surface area contributed by atoms with Gasteiger partial charge in [-0.25, -0.2) is 0 Å². The summed E-state index contributed by atoms with van der Waals surface area (Å²) in [7, 11) is 1.61. The van der Waals surface area contributed by atoms with E-state index in [9.17, 15) is 4.79 Å². The van der Waals surface area contributed by atoms with Gasteiger partial charge in [-0.15, -0.1) is 0 Å². The molecule has 2 rings (SSSR count). The average Bonchev–Trinajstić information content (AvgIpc) is 2.70. The Morgan fingerprint density at radius 1 is 1.47 bits per heavy atom. The van der Waals surface area contributed by atoms with Gasteiger partial charge < -0.3 is 14.4 Å². The molecular weight excluding hydrogens is 194 g/mol.